The fourth-order valence-electron chi connectivity index (χ4n) is 1.00. The molecule has 0 atom stereocenters. The van der Waals surface area contributed by atoms with Crippen molar-refractivity contribution in [3.05, 3.63) is 23.2 Å². The highest BCUT2D eigenvalue weighted by molar-refractivity contribution is 7.90. The first-order valence-electron chi connectivity index (χ1n) is 4.99. The number of thiazole rings is 1. The van der Waals surface area contributed by atoms with Gasteiger partial charge in [0.2, 0.25) is 15.0 Å². The van der Waals surface area contributed by atoms with Crippen molar-refractivity contribution in [2.24, 2.45) is 0 Å². The van der Waals surface area contributed by atoms with Gasteiger partial charge in [0, 0.05) is 17.8 Å². The van der Waals surface area contributed by atoms with Crippen LogP contribution in [-0.2, 0) is 9.84 Å². The molecule has 17 heavy (non-hydrogen) atoms. The Balaban J connectivity index is 0.000000686. The third-order valence-corrected chi connectivity index (χ3v) is 3.11. The fourth-order valence-corrected chi connectivity index (χ4v) is 2.06. The summed E-state index contributed by atoms with van der Waals surface area (Å²) in [4.78, 5) is 11.7. The maximum Gasteiger partial charge on any atom is 0.247 e. The van der Waals surface area contributed by atoms with Crippen LogP contribution in [0.15, 0.2) is 28.3 Å². The third kappa shape index (κ3) is 3.57. The first kappa shape index (κ1) is 13.7. The minimum atomic E-state index is -3.36. The number of hydrogen-bond donors (Lipinski definition) is 0. The van der Waals surface area contributed by atoms with E-state index in [1.165, 1.54) is 17.5 Å². The molecule has 0 spiro atoms. The fraction of sp³-hybridized carbons (Fsp3) is 0.300. The molecule has 0 aliphatic heterocycles. The lowest BCUT2D eigenvalue weighted by atomic mass is 10.3. The SMILES string of the molecule is CC.CS(=O)(=O)c1nccc(-c2cscn2)n1. The smallest absolute Gasteiger partial charge is 0.243 e. The van der Waals surface area contributed by atoms with Gasteiger partial charge in [0.05, 0.1) is 16.9 Å². The number of rotatable bonds is 2. The lowest BCUT2D eigenvalue weighted by molar-refractivity contribution is 0.593. The van der Waals surface area contributed by atoms with Crippen molar-refractivity contribution in [2.75, 3.05) is 6.26 Å². The third-order valence-electron chi connectivity index (χ3n) is 1.66. The van der Waals surface area contributed by atoms with Gasteiger partial charge in [-0.1, -0.05) is 13.8 Å². The summed E-state index contributed by atoms with van der Waals surface area (Å²) < 4.78 is 22.4. The second-order valence-corrected chi connectivity index (χ2v) is 5.50. The van der Waals surface area contributed by atoms with Gasteiger partial charge in [-0.15, -0.1) is 11.3 Å². The molecule has 5 nitrogen and oxygen atoms in total. The second kappa shape index (κ2) is 5.83. The Morgan fingerprint density at radius 1 is 1.18 bits per heavy atom. The Morgan fingerprint density at radius 3 is 2.41 bits per heavy atom. The molecule has 0 radical (unpaired) electrons. The quantitative estimate of drug-likeness (QED) is 0.781. The maximum absolute atomic E-state index is 11.2. The van der Waals surface area contributed by atoms with E-state index < -0.39 is 9.84 Å². The predicted molar refractivity (Wildman–Crippen MR) is 67.6 cm³/mol. The first-order chi connectivity index (χ1) is 8.07. The molecule has 0 saturated carbocycles. The Morgan fingerprint density at radius 2 is 1.88 bits per heavy atom. The molecule has 0 fully saturated rings. The standard InChI is InChI=1S/C8H7N3O2S2.C2H6/c1-15(12,13)8-9-3-2-6(11-8)7-4-14-5-10-7;1-2/h2-5H,1H3;1-2H3. The van der Waals surface area contributed by atoms with Crippen LogP contribution < -0.4 is 0 Å². The van der Waals surface area contributed by atoms with E-state index in [0.717, 1.165) is 6.26 Å². The van der Waals surface area contributed by atoms with Gasteiger partial charge in [-0.05, 0) is 6.07 Å². The number of nitrogens with zero attached hydrogens (tertiary/aromatic N) is 3. The van der Waals surface area contributed by atoms with Crippen molar-refractivity contribution in [2.45, 2.75) is 19.0 Å². The zero-order valence-corrected chi connectivity index (χ0v) is 11.4. The summed E-state index contributed by atoms with van der Waals surface area (Å²) in [6.45, 7) is 4.00. The van der Waals surface area contributed by atoms with Crippen LogP contribution in [0.4, 0.5) is 0 Å². The number of hydrogen-bond acceptors (Lipinski definition) is 6. The average Bonchev–Trinajstić information content (AvgIpc) is 2.84. The van der Waals surface area contributed by atoms with Crippen LogP contribution in [0.25, 0.3) is 11.4 Å². The number of aromatic nitrogens is 3. The average molecular weight is 271 g/mol. The van der Waals surface area contributed by atoms with Crippen molar-refractivity contribution >= 4 is 21.2 Å². The predicted octanol–water partition coefficient (Wildman–Crippen LogP) is 2.03. The van der Waals surface area contributed by atoms with Crippen molar-refractivity contribution < 1.29 is 8.42 Å². The molecule has 2 aromatic rings. The largest absolute Gasteiger partial charge is 0.247 e. The normalized spacial score (nSPS) is 10.5. The Kier molecular flexibility index (Phi) is 4.71. The topological polar surface area (TPSA) is 72.8 Å². The van der Waals surface area contributed by atoms with Gasteiger partial charge in [-0.3, -0.25) is 0 Å². The summed E-state index contributed by atoms with van der Waals surface area (Å²) >= 11 is 1.43. The van der Waals surface area contributed by atoms with E-state index in [1.807, 2.05) is 13.8 Å². The monoisotopic (exact) mass is 271 g/mol. The Hall–Kier alpha value is -1.34. The highest BCUT2D eigenvalue weighted by Gasteiger charge is 2.12. The van der Waals surface area contributed by atoms with Gasteiger partial charge < -0.3 is 0 Å². The highest BCUT2D eigenvalue weighted by Crippen LogP contribution is 2.16. The molecule has 0 N–H and O–H groups in total. The van der Waals surface area contributed by atoms with Crippen LogP contribution in [0.5, 0.6) is 0 Å². The summed E-state index contributed by atoms with van der Waals surface area (Å²) in [5.74, 6) is 0. The zero-order valence-electron chi connectivity index (χ0n) is 9.78. The van der Waals surface area contributed by atoms with E-state index in [4.69, 9.17) is 0 Å². The Bertz CT molecular complexity index is 565. The van der Waals surface area contributed by atoms with Gasteiger partial charge in [0.25, 0.3) is 0 Å². The van der Waals surface area contributed by atoms with Gasteiger partial charge in [-0.2, -0.15) is 0 Å². The summed E-state index contributed by atoms with van der Waals surface area (Å²) in [5.41, 5.74) is 2.84. The zero-order chi connectivity index (χ0) is 12.9. The molecule has 0 saturated heterocycles. The van der Waals surface area contributed by atoms with Crippen molar-refractivity contribution in [1.82, 2.24) is 15.0 Å². The summed E-state index contributed by atoms with van der Waals surface area (Å²) in [6, 6.07) is 1.63. The highest BCUT2D eigenvalue weighted by atomic mass is 32.2. The van der Waals surface area contributed by atoms with Gasteiger partial charge in [0.15, 0.2) is 0 Å². The van der Waals surface area contributed by atoms with Crippen LogP contribution in [-0.4, -0.2) is 29.6 Å². The van der Waals surface area contributed by atoms with E-state index >= 15 is 0 Å². The number of sulfone groups is 1. The first-order valence-corrected chi connectivity index (χ1v) is 7.82. The van der Waals surface area contributed by atoms with Crippen molar-refractivity contribution in [3.8, 4) is 11.4 Å². The van der Waals surface area contributed by atoms with Gasteiger partial charge >= 0.3 is 0 Å². The van der Waals surface area contributed by atoms with E-state index in [1.54, 1.807) is 17.0 Å². The van der Waals surface area contributed by atoms with Crippen LogP contribution in [0.3, 0.4) is 0 Å². The molecule has 0 aliphatic carbocycles. The molecule has 2 rings (SSSR count). The van der Waals surface area contributed by atoms with Gasteiger partial charge in [0.1, 0.15) is 0 Å². The van der Waals surface area contributed by atoms with E-state index in [9.17, 15) is 8.42 Å². The second-order valence-electron chi connectivity index (χ2n) is 2.87. The molecule has 2 heterocycles. The molecule has 2 aromatic heterocycles. The minimum absolute atomic E-state index is 0.173. The maximum atomic E-state index is 11.2. The van der Waals surface area contributed by atoms with Crippen molar-refractivity contribution in [1.29, 1.82) is 0 Å². The summed E-state index contributed by atoms with van der Waals surface area (Å²) in [7, 11) is -3.36. The van der Waals surface area contributed by atoms with E-state index in [-0.39, 0.29) is 5.16 Å². The molecule has 7 heteroatoms. The molecular formula is C10H13N3O2S2. The summed E-state index contributed by atoms with van der Waals surface area (Å²) in [5, 5.41) is 1.63. The molecule has 0 aromatic carbocycles. The molecule has 92 valence electrons. The molecule has 0 aliphatic rings. The van der Waals surface area contributed by atoms with Crippen molar-refractivity contribution in [3.63, 3.8) is 0 Å². The molecule has 0 unspecified atom stereocenters. The Labute approximate surface area is 105 Å². The van der Waals surface area contributed by atoms with Crippen LogP contribution in [0.1, 0.15) is 13.8 Å². The van der Waals surface area contributed by atoms with E-state index in [2.05, 4.69) is 15.0 Å². The van der Waals surface area contributed by atoms with E-state index in [0.29, 0.717) is 11.4 Å². The van der Waals surface area contributed by atoms with Crippen LogP contribution >= 0.6 is 11.3 Å². The molecule has 0 bridgehead atoms. The molecular weight excluding hydrogens is 258 g/mol. The minimum Gasteiger partial charge on any atom is -0.243 e. The lowest BCUT2D eigenvalue weighted by Crippen LogP contribution is -2.04. The van der Waals surface area contributed by atoms with Crippen LogP contribution in [0.2, 0.25) is 0 Å². The van der Waals surface area contributed by atoms with Crippen LogP contribution in [0, 0.1) is 0 Å². The summed E-state index contributed by atoms with van der Waals surface area (Å²) in [6.07, 6.45) is 2.49. The lowest BCUT2D eigenvalue weighted by Gasteiger charge is -1.98. The molecule has 0 amide bonds. The van der Waals surface area contributed by atoms with Gasteiger partial charge in [-0.25, -0.2) is 23.4 Å².